The Labute approximate surface area is 112 Å². The van der Waals surface area contributed by atoms with E-state index < -0.39 is 0 Å². The van der Waals surface area contributed by atoms with E-state index >= 15 is 0 Å². The molecule has 2 N–H and O–H groups in total. The number of nitrogen functional groups attached to an aromatic ring is 1. The van der Waals surface area contributed by atoms with Crippen LogP contribution < -0.4 is 10.6 Å². The summed E-state index contributed by atoms with van der Waals surface area (Å²) in [5.74, 6) is -0.0582. The summed E-state index contributed by atoms with van der Waals surface area (Å²) in [6, 6.07) is 7.54. The summed E-state index contributed by atoms with van der Waals surface area (Å²) in [6.45, 7) is 2.37. The topological polar surface area (TPSA) is 55.0 Å². The van der Waals surface area contributed by atoms with Gasteiger partial charge < -0.3 is 10.6 Å². The lowest BCUT2D eigenvalue weighted by Gasteiger charge is -2.20. The van der Waals surface area contributed by atoms with Gasteiger partial charge in [0.2, 0.25) is 0 Å². The van der Waals surface area contributed by atoms with Gasteiger partial charge in [-0.25, -0.2) is 14.4 Å². The molecule has 1 heterocycles. The zero-order chi connectivity index (χ0) is 13.8. The number of hydrogen-bond acceptors (Lipinski definition) is 4. The Bertz CT molecular complexity index is 571. The second-order valence-corrected chi connectivity index (χ2v) is 4.37. The molecular weight excluding hydrogens is 243 g/mol. The van der Waals surface area contributed by atoms with Crippen molar-refractivity contribution in [1.82, 2.24) is 9.97 Å². The van der Waals surface area contributed by atoms with Crippen molar-refractivity contribution in [3.63, 3.8) is 0 Å². The molecule has 100 valence electrons. The number of nitrogens with two attached hydrogens (primary N) is 1. The third-order valence-electron chi connectivity index (χ3n) is 3.00. The van der Waals surface area contributed by atoms with Crippen molar-refractivity contribution in [3.8, 4) is 0 Å². The van der Waals surface area contributed by atoms with Crippen LogP contribution in [0.5, 0.6) is 0 Å². The molecule has 19 heavy (non-hydrogen) atoms. The number of para-hydroxylation sites is 1. The molecule has 0 aliphatic carbocycles. The minimum Gasteiger partial charge on any atom is -0.398 e. The van der Waals surface area contributed by atoms with Crippen LogP contribution in [-0.4, -0.2) is 17.0 Å². The fourth-order valence-corrected chi connectivity index (χ4v) is 1.92. The highest BCUT2D eigenvalue weighted by Crippen LogP contribution is 2.20. The Balaban J connectivity index is 2.26. The maximum Gasteiger partial charge on any atom is 0.187 e. The lowest BCUT2D eigenvalue weighted by Crippen LogP contribution is -2.20. The van der Waals surface area contributed by atoms with Crippen molar-refractivity contribution in [2.45, 2.75) is 19.9 Å². The Morgan fingerprint density at radius 3 is 2.68 bits per heavy atom. The van der Waals surface area contributed by atoms with E-state index in [4.69, 9.17) is 5.73 Å². The predicted molar refractivity (Wildman–Crippen MR) is 74.3 cm³/mol. The molecule has 0 bridgehead atoms. The minimum absolute atomic E-state index is 0.301. The van der Waals surface area contributed by atoms with E-state index in [2.05, 4.69) is 9.97 Å². The monoisotopic (exact) mass is 260 g/mol. The number of halogens is 1. The van der Waals surface area contributed by atoms with Gasteiger partial charge in [0.05, 0.1) is 5.69 Å². The first-order valence-electron chi connectivity index (χ1n) is 6.17. The van der Waals surface area contributed by atoms with E-state index in [1.807, 2.05) is 31.2 Å². The van der Waals surface area contributed by atoms with E-state index in [1.54, 1.807) is 11.9 Å². The molecule has 4 nitrogen and oxygen atoms in total. The Kier molecular flexibility index (Phi) is 3.94. The lowest BCUT2D eigenvalue weighted by atomic mass is 10.1. The van der Waals surface area contributed by atoms with Gasteiger partial charge in [0, 0.05) is 19.3 Å². The van der Waals surface area contributed by atoms with Crippen molar-refractivity contribution >= 4 is 11.5 Å². The Morgan fingerprint density at radius 1 is 1.26 bits per heavy atom. The normalized spacial score (nSPS) is 10.5. The summed E-state index contributed by atoms with van der Waals surface area (Å²) in [6.07, 6.45) is 1.94. The van der Waals surface area contributed by atoms with Crippen molar-refractivity contribution in [1.29, 1.82) is 0 Å². The van der Waals surface area contributed by atoms with Gasteiger partial charge in [0.25, 0.3) is 0 Å². The molecule has 0 spiro atoms. The third-order valence-corrected chi connectivity index (χ3v) is 3.00. The summed E-state index contributed by atoms with van der Waals surface area (Å²) in [7, 11) is 1.79. The summed E-state index contributed by atoms with van der Waals surface area (Å²) in [5, 5.41) is 0. The molecule has 5 heteroatoms. The van der Waals surface area contributed by atoms with Crippen LogP contribution in [0, 0.1) is 5.82 Å². The molecule has 0 saturated carbocycles. The maximum atomic E-state index is 14.1. The van der Waals surface area contributed by atoms with Crippen LogP contribution in [0.2, 0.25) is 0 Å². The molecule has 0 unspecified atom stereocenters. The number of anilines is 2. The van der Waals surface area contributed by atoms with Gasteiger partial charge in [-0.05, 0) is 18.1 Å². The van der Waals surface area contributed by atoms with Gasteiger partial charge in [0.15, 0.2) is 11.6 Å². The molecule has 0 aliphatic rings. The van der Waals surface area contributed by atoms with Gasteiger partial charge in [-0.1, -0.05) is 25.1 Å². The van der Waals surface area contributed by atoms with E-state index in [1.165, 1.54) is 6.33 Å². The molecular formula is C14H17FN4. The minimum atomic E-state index is -0.359. The summed E-state index contributed by atoms with van der Waals surface area (Å²) >= 11 is 0. The van der Waals surface area contributed by atoms with Crippen LogP contribution in [0.1, 0.15) is 18.2 Å². The predicted octanol–water partition coefficient (Wildman–Crippen LogP) is 2.40. The maximum absolute atomic E-state index is 14.1. The summed E-state index contributed by atoms with van der Waals surface area (Å²) in [5.41, 5.74) is 7.96. The fourth-order valence-electron chi connectivity index (χ4n) is 1.92. The first kappa shape index (κ1) is 13.3. The quantitative estimate of drug-likeness (QED) is 0.858. The molecule has 0 atom stereocenters. The summed E-state index contributed by atoms with van der Waals surface area (Å²) in [4.78, 5) is 9.68. The SMILES string of the molecule is CCc1ncnc(N(C)Cc2ccccc2N)c1F. The molecule has 1 aromatic heterocycles. The molecule has 1 aromatic carbocycles. The zero-order valence-corrected chi connectivity index (χ0v) is 11.1. The third kappa shape index (κ3) is 2.81. The molecule has 0 fully saturated rings. The second kappa shape index (κ2) is 5.65. The Morgan fingerprint density at radius 2 is 2.00 bits per heavy atom. The molecule has 0 radical (unpaired) electrons. The number of hydrogen-bond donors (Lipinski definition) is 1. The van der Waals surface area contributed by atoms with Crippen molar-refractivity contribution in [3.05, 3.63) is 47.7 Å². The highest BCUT2D eigenvalue weighted by Gasteiger charge is 2.14. The van der Waals surface area contributed by atoms with Crippen LogP contribution >= 0.6 is 0 Å². The van der Waals surface area contributed by atoms with E-state index in [0.717, 1.165) is 5.56 Å². The van der Waals surface area contributed by atoms with Gasteiger partial charge in [0.1, 0.15) is 6.33 Å². The number of nitrogens with zero attached hydrogens (tertiary/aromatic N) is 3. The van der Waals surface area contributed by atoms with Crippen LogP contribution in [0.4, 0.5) is 15.9 Å². The van der Waals surface area contributed by atoms with E-state index in [-0.39, 0.29) is 5.82 Å². The largest absolute Gasteiger partial charge is 0.398 e. The van der Waals surface area contributed by atoms with Gasteiger partial charge in [-0.15, -0.1) is 0 Å². The van der Waals surface area contributed by atoms with Crippen molar-refractivity contribution in [2.75, 3.05) is 17.7 Å². The van der Waals surface area contributed by atoms with Crippen LogP contribution in [0.3, 0.4) is 0 Å². The van der Waals surface area contributed by atoms with Crippen LogP contribution in [0.25, 0.3) is 0 Å². The fraction of sp³-hybridized carbons (Fsp3) is 0.286. The number of aromatic nitrogens is 2. The van der Waals surface area contributed by atoms with E-state index in [0.29, 0.717) is 30.2 Å². The molecule has 2 aromatic rings. The zero-order valence-electron chi connectivity index (χ0n) is 11.1. The average molecular weight is 260 g/mol. The van der Waals surface area contributed by atoms with Crippen LogP contribution in [-0.2, 0) is 13.0 Å². The van der Waals surface area contributed by atoms with Gasteiger partial charge >= 0.3 is 0 Å². The molecule has 0 aliphatic heterocycles. The second-order valence-electron chi connectivity index (χ2n) is 4.37. The number of aryl methyl sites for hydroxylation is 1. The van der Waals surface area contributed by atoms with Crippen molar-refractivity contribution in [2.24, 2.45) is 0 Å². The lowest BCUT2D eigenvalue weighted by molar-refractivity contribution is 0.588. The van der Waals surface area contributed by atoms with Crippen molar-refractivity contribution < 1.29 is 4.39 Å². The molecule has 0 saturated heterocycles. The summed E-state index contributed by atoms with van der Waals surface area (Å²) < 4.78 is 14.1. The first-order valence-corrected chi connectivity index (χ1v) is 6.17. The average Bonchev–Trinajstić information content (AvgIpc) is 2.41. The van der Waals surface area contributed by atoms with Crippen LogP contribution in [0.15, 0.2) is 30.6 Å². The van der Waals surface area contributed by atoms with Gasteiger partial charge in [-0.2, -0.15) is 0 Å². The molecule has 0 amide bonds. The van der Waals surface area contributed by atoms with Gasteiger partial charge in [-0.3, -0.25) is 0 Å². The highest BCUT2D eigenvalue weighted by atomic mass is 19.1. The highest BCUT2D eigenvalue weighted by molar-refractivity contribution is 5.49. The van der Waals surface area contributed by atoms with E-state index in [9.17, 15) is 4.39 Å². The molecule has 2 rings (SSSR count). The number of benzene rings is 1. The first-order chi connectivity index (χ1) is 9.13. The Hall–Kier alpha value is -2.17. The smallest absolute Gasteiger partial charge is 0.187 e. The number of rotatable bonds is 4. The standard InChI is InChI=1S/C14H17FN4/c1-3-12-13(15)14(18-9-17-12)19(2)8-10-6-4-5-7-11(10)16/h4-7,9H,3,8,16H2,1-2H3.